The van der Waals surface area contributed by atoms with Gasteiger partial charge < -0.3 is 29.1 Å². The maximum absolute atomic E-state index is 13.3. The third-order valence-electron chi connectivity index (χ3n) is 6.79. The summed E-state index contributed by atoms with van der Waals surface area (Å²) >= 11 is 0. The fourth-order valence-corrected chi connectivity index (χ4v) is 4.77. The lowest BCUT2D eigenvalue weighted by molar-refractivity contribution is -0.140. The normalized spacial score (nSPS) is 18.5. The Balaban J connectivity index is 1.71. The van der Waals surface area contributed by atoms with Crippen molar-refractivity contribution in [3.05, 3.63) is 59.2 Å². The van der Waals surface area contributed by atoms with Crippen molar-refractivity contribution in [3.8, 4) is 17.2 Å². The second-order valence-corrected chi connectivity index (χ2v) is 9.15. The van der Waals surface area contributed by atoms with Crippen molar-refractivity contribution < 1.29 is 28.9 Å². The molecule has 37 heavy (non-hydrogen) atoms. The zero-order valence-corrected chi connectivity index (χ0v) is 21.9. The van der Waals surface area contributed by atoms with Crippen LogP contribution in [0.1, 0.15) is 50.8 Å². The molecule has 1 N–H and O–H groups in total. The Morgan fingerprint density at radius 3 is 2.41 bits per heavy atom. The molecule has 0 aromatic heterocycles. The van der Waals surface area contributed by atoms with Gasteiger partial charge in [0, 0.05) is 12.1 Å². The molecule has 0 saturated carbocycles. The van der Waals surface area contributed by atoms with Gasteiger partial charge in [0.15, 0.2) is 11.5 Å². The molecule has 8 heteroatoms. The number of hydrogen-bond donors (Lipinski definition) is 1. The monoisotopic (exact) mass is 508 g/mol. The number of carbonyl (C=O) groups excluding carboxylic acids is 2. The van der Waals surface area contributed by atoms with E-state index in [9.17, 15) is 14.7 Å². The zero-order chi connectivity index (χ0) is 26.4. The first kappa shape index (κ1) is 26.5. The second kappa shape index (κ2) is 12.1. The number of ether oxygens (including phenoxy) is 3. The molecule has 0 aliphatic carbocycles. The summed E-state index contributed by atoms with van der Waals surface area (Å²) in [6.45, 7) is 10.8. The van der Waals surface area contributed by atoms with Gasteiger partial charge in [-0.05, 0) is 68.4 Å². The van der Waals surface area contributed by atoms with Crippen molar-refractivity contribution in [2.24, 2.45) is 0 Å². The minimum absolute atomic E-state index is 0.0757. The molecule has 1 fully saturated rings. The van der Waals surface area contributed by atoms with Gasteiger partial charge in [0.25, 0.3) is 11.7 Å². The molecular formula is C29H36N2O6. The lowest BCUT2D eigenvalue weighted by Gasteiger charge is -2.27. The Bertz CT molecular complexity index is 1140. The van der Waals surface area contributed by atoms with Crippen LogP contribution in [0.25, 0.3) is 5.76 Å². The van der Waals surface area contributed by atoms with Gasteiger partial charge in [-0.25, -0.2) is 0 Å². The Morgan fingerprint density at radius 2 is 1.73 bits per heavy atom. The summed E-state index contributed by atoms with van der Waals surface area (Å²) in [6.07, 6.45) is 1.61. The van der Waals surface area contributed by atoms with Crippen LogP contribution >= 0.6 is 0 Å². The minimum atomic E-state index is -0.704. The molecule has 2 aromatic rings. The topological polar surface area (TPSA) is 88.5 Å². The van der Waals surface area contributed by atoms with Crippen LogP contribution < -0.4 is 14.2 Å². The highest BCUT2D eigenvalue weighted by Crippen LogP contribution is 2.41. The van der Waals surface area contributed by atoms with Crippen LogP contribution in [0.2, 0.25) is 0 Å². The standard InChI is InChI=1S/C29H36N2O6/c1-4-16-35-22-11-8-20(9-12-22)26-25(27(32)21-10-13-23-24(19-21)37-18-17-36-23)28(33)29(34)31(26)15-7-14-30(5-2)6-3/h8-13,19,26,32H,4-7,14-18H2,1-3H3/b27-25+/t26-/m0/s1. The molecule has 8 nitrogen and oxygen atoms in total. The first-order valence-corrected chi connectivity index (χ1v) is 13.1. The molecule has 4 rings (SSSR count). The predicted molar refractivity (Wildman–Crippen MR) is 141 cm³/mol. The predicted octanol–water partition coefficient (Wildman–Crippen LogP) is 4.40. The lowest BCUT2D eigenvalue weighted by Crippen LogP contribution is -2.33. The van der Waals surface area contributed by atoms with Crippen LogP contribution in [0.5, 0.6) is 17.2 Å². The van der Waals surface area contributed by atoms with Crippen molar-refractivity contribution in [1.29, 1.82) is 0 Å². The summed E-state index contributed by atoms with van der Waals surface area (Å²) < 4.78 is 17.0. The number of hydrogen-bond acceptors (Lipinski definition) is 7. The Kier molecular flexibility index (Phi) is 8.71. The minimum Gasteiger partial charge on any atom is -0.507 e. The van der Waals surface area contributed by atoms with Gasteiger partial charge in [0.2, 0.25) is 0 Å². The summed E-state index contributed by atoms with van der Waals surface area (Å²) in [6, 6.07) is 11.7. The van der Waals surface area contributed by atoms with E-state index in [0.717, 1.165) is 37.4 Å². The van der Waals surface area contributed by atoms with Crippen molar-refractivity contribution in [1.82, 2.24) is 9.80 Å². The van der Waals surface area contributed by atoms with Crippen molar-refractivity contribution >= 4 is 17.4 Å². The van der Waals surface area contributed by atoms with Crippen molar-refractivity contribution in [2.75, 3.05) is 46.0 Å². The Labute approximate surface area is 218 Å². The molecule has 2 aliphatic heterocycles. The van der Waals surface area contributed by atoms with Crippen LogP contribution in [0.4, 0.5) is 0 Å². The quantitative estimate of drug-likeness (QED) is 0.273. The van der Waals surface area contributed by atoms with Gasteiger partial charge in [-0.15, -0.1) is 0 Å². The first-order chi connectivity index (χ1) is 18.0. The first-order valence-electron chi connectivity index (χ1n) is 13.1. The van der Waals surface area contributed by atoms with E-state index in [-0.39, 0.29) is 11.3 Å². The molecular weight excluding hydrogens is 472 g/mol. The third-order valence-corrected chi connectivity index (χ3v) is 6.79. The summed E-state index contributed by atoms with van der Waals surface area (Å²) in [5.41, 5.74) is 1.22. The van der Waals surface area contributed by atoms with Crippen molar-refractivity contribution in [2.45, 2.75) is 39.7 Å². The SMILES string of the molecule is CCCOc1ccc([C@H]2/C(=C(\O)c3ccc4c(c3)OCCO4)C(=O)C(=O)N2CCCN(CC)CC)cc1. The van der Waals surface area contributed by atoms with Gasteiger partial charge in [0.1, 0.15) is 24.7 Å². The number of amides is 1. The van der Waals surface area contributed by atoms with E-state index >= 15 is 0 Å². The molecule has 1 saturated heterocycles. The van der Waals surface area contributed by atoms with Gasteiger partial charge in [-0.2, -0.15) is 0 Å². The highest BCUT2D eigenvalue weighted by molar-refractivity contribution is 6.46. The van der Waals surface area contributed by atoms with Crippen LogP contribution in [-0.2, 0) is 9.59 Å². The third kappa shape index (κ3) is 5.74. The molecule has 0 unspecified atom stereocenters. The molecule has 0 spiro atoms. The highest BCUT2D eigenvalue weighted by atomic mass is 16.6. The van der Waals surface area contributed by atoms with Crippen LogP contribution in [0.15, 0.2) is 48.0 Å². The number of carbonyl (C=O) groups is 2. The summed E-state index contributed by atoms with van der Waals surface area (Å²) in [5, 5.41) is 11.4. The van der Waals surface area contributed by atoms with Gasteiger partial charge in [-0.3, -0.25) is 9.59 Å². The molecule has 2 aliphatic rings. The van der Waals surface area contributed by atoms with Crippen LogP contribution in [0.3, 0.4) is 0 Å². The van der Waals surface area contributed by atoms with E-state index in [1.807, 2.05) is 31.2 Å². The summed E-state index contributed by atoms with van der Waals surface area (Å²) in [4.78, 5) is 30.4. The molecule has 2 aromatic carbocycles. The average Bonchev–Trinajstić information content (AvgIpc) is 3.18. The fraction of sp³-hybridized carbons (Fsp3) is 0.448. The van der Waals surface area contributed by atoms with Crippen LogP contribution in [0, 0.1) is 0 Å². The van der Waals surface area contributed by atoms with E-state index in [4.69, 9.17) is 14.2 Å². The van der Waals surface area contributed by atoms with Gasteiger partial charge in [-0.1, -0.05) is 32.9 Å². The fourth-order valence-electron chi connectivity index (χ4n) is 4.77. The number of likely N-dealkylation sites (tertiary alicyclic amines) is 1. The number of aliphatic hydroxyl groups is 1. The summed E-state index contributed by atoms with van der Waals surface area (Å²) in [5.74, 6) is 0.284. The largest absolute Gasteiger partial charge is 0.507 e. The maximum atomic E-state index is 13.3. The van der Waals surface area contributed by atoms with E-state index in [1.54, 1.807) is 23.1 Å². The number of rotatable bonds is 11. The Morgan fingerprint density at radius 1 is 1.03 bits per heavy atom. The molecule has 1 atom stereocenters. The molecule has 198 valence electrons. The molecule has 2 heterocycles. The van der Waals surface area contributed by atoms with Crippen molar-refractivity contribution in [3.63, 3.8) is 0 Å². The second-order valence-electron chi connectivity index (χ2n) is 9.15. The smallest absolute Gasteiger partial charge is 0.295 e. The summed E-state index contributed by atoms with van der Waals surface area (Å²) in [7, 11) is 0. The van der Waals surface area contributed by atoms with E-state index in [1.165, 1.54) is 0 Å². The average molecular weight is 509 g/mol. The highest BCUT2D eigenvalue weighted by Gasteiger charge is 2.45. The number of aliphatic hydroxyl groups excluding tert-OH is 1. The molecule has 0 radical (unpaired) electrons. The maximum Gasteiger partial charge on any atom is 0.295 e. The van der Waals surface area contributed by atoms with E-state index in [0.29, 0.717) is 49.8 Å². The zero-order valence-electron chi connectivity index (χ0n) is 21.9. The molecule has 1 amide bonds. The number of benzene rings is 2. The van der Waals surface area contributed by atoms with E-state index < -0.39 is 17.7 Å². The number of ketones is 1. The lowest BCUT2D eigenvalue weighted by atomic mass is 9.95. The van der Waals surface area contributed by atoms with Gasteiger partial charge >= 0.3 is 0 Å². The number of nitrogens with zero attached hydrogens (tertiary/aromatic N) is 2. The van der Waals surface area contributed by atoms with E-state index in [2.05, 4.69) is 18.7 Å². The number of Topliss-reactive ketones (excluding diaryl/α,β-unsaturated/α-hetero) is 1. The Hall–Kier alpha value is -3.52. The van der Waals surface area contributed by atoms with Crippen LogP contribution in [-0.4, -0.2) is 72.6 Å². The van der Waals surface area contributed by atoms with Gasteiger partial charge in [0.05, 0.1) is 18.2 Å². The molecule has 0 bridgehead atoms. The number of fused-ring (bicyclic) bond motifs is 1.